The van der Waals surface area contributed by atoms with E-state index in [0.29, 0.717) is 0 Å². The molecule has 88 valence electrons. The molecule has 0 unspecified atom stereocenters. The Hall–Kier alpha value is -1.77. The van der Waals surface area contributed by atoms with E-state index in [9.17, 15) is 0 Å². The number of rotatable bonds is 1. The molecule has 0 bridgehead atoms. The average Bonchev–Trinajstić information content (AvgIpc) is 2.72. The van der Waals surface area contributed by atoms with Crippen molar-refractivity contribution in [2.75, 3.05) is 5.73 Å². The summed E-state index contributed by atoms with van der Waals surface area (Å²) in [7, 11) is 0. The normalized spacial score (nSPS) is 19.0. The summed E-state index contributed by atoms with van der Waals surface area (Å²) in [5, 5.41) is 0. The highest BCUT2D eigenvalue weighted by Crippen LogP contribution is 2.25. The summed E-state index contributed by atoms with van der Waals surface area (Å²) in [6.07, 6.45) is 4.48. The number of hydrogen-bond acceptors (Lipinski definition) is 2. The molecule has 1 aromatic carbocycles. The van der Waals surface area contributed by atoms with Crippen molar-refractivity contribution in [2.24, 2.45) is 5.92 Å². The number of hydrogen-bond donors (Lipinski definition) is 1. The molecule has 1 aliphatic heterocycles. The molecule has 1 atom stereocenters. The van der Waals surface area contributed by atoms with Crippen LogP contribution in [0.3, 0.4) is 0 Å². The third-order valence-corrected chi connectivity index (χ3v) is 3.44. The highest BCUT2D eigenvalue weighted by atomic mass is 15.1. The van der Waals surface area contributed by atoms with Crippen molar-refractivity contribution in [1.82, 2.24) is 9.55 Å². The maximum atomic E-state index is 5.81. The number of nitrogen functional groups attached to an aromatic ring is 1. The van der Waals surface area contributed by atoms with Crippen LogP contribution in [-0.2, 0) is 13.0 Å². The Morgan fingerprint density at radius 2 is 2.29 bits per heavy atom. The molecular weight excluding hydrogens is 210 g/mol. The van der Waals surface area contributed by atoms with Gasteiger partial charge in [0.2, 0.25) is 0 Å². The van der Waals surface area contributed by atoms with E-state index < -0.39 is 0 Å². The molecule has 1 aliphatic rings. The lowest BCUT2D eigenvalue weighted by Gasteiger charge is -2.18. The predicted octanol–water partition coefficient (Wildman–Crippen LogP) is 2.71. The molecule has 3 heteroatoms. The number of aromatic nitrogens is 2. The molecule has 0 amide bonds. The number of nitrogens with zero attached hydrogens (tertiary/aromatic N) is 2. The number of benzene rings is 1. The first kappa shape index (κ1) is 10.4. The van der Waals surface area contributed by atoms with E-state index in [0.717, 1.165) is 35.8 Å². The number of aryl methyl sites for hydroxylation is 1. The standard InChI is InChI=1S/C14H17N3/c1-10-5-6-17-9-13(16-14(17)7-10)11-3-2-4-12(15)8-11/h2-4,8-10H,5-7,15H2,1H3/t10-/m1/s1. The minimum absolute atomic E-state index is 0.749. The molecular formula is C14H17N3. The molecule has 0 spiro atoms. The van der Waals surface area contributed by atoms with Crippen molar-refractivity contribution in [3.8, 4) is 11.3 Å². The summed E-state index contributed by atoms with van der Waals surface area (Å²) in [5.74, 6) is 1.96. The second-order valence-electron chi connectivity index (χ2n) is 4.96. The van der Waals surface area contributed by atoms with Gasteiger partial charge in [0.1, 0.15) is 5.82 Å². The number of imidazole rings is 1. The van der Waals surface area contributed by atoms with Gasteiger partial charge in [0, 0.05) is 30.4 Å². The smallest absolute Gasteiger partial charge is 0.109 e. The van der Waals surface area contributed by atoms with Gasteiger partial charge in [0.05, 0.1) is 5.69 Å². The van der Waals surface area contributed by atoms with Gasteiger partial charge in [-0.15, -0.1) is 0 Å². The predicted molar refractivity (Wildman–Crippen MR) is 69.6 cm³/mol. The number of fused-ring (bicyclic) bond motifs is 1. The molecule has 1 aromatic heterocycles. The van der Waals surface area contributed by atoms with Gasteiger partial charge in [-0.3, -0.25) is 0 Å². The summed E-state index contributed by atoms with van der Waals surface area (Å²) in [4.78, 5) is 4.72. The molecule has 0 fully saturated rings. The maximum absolute atomic E-state index is 5.81. The Bertz CT molecular complexity index is 542. The topological polar surface area (TPSA) is 43.8 Å². The molecule has 17 heavy (non-hydrogen) atoms. The molecule has 2 N–H and O–H groups in total. The average molecular weight is 227 g/mol. The maximum Gasteiger partial charge on any atom is 0.109 e. The van der Waals surface area contributed by atoms with Gasteiger partial charge in [-0.2, -0.15) is 0 Å². The third kappa shape index (κ3) is 1.93. The Kier molecular flexibility index (Phi) is 2.39. The molecule has 2 heterocycles. The lowest BCUT2D eigenvalue weighted by Crippen LogP contribution is -2.16. The second kappa shape index (κ2) is 3.91. The van der Waals surface area contributed by atoms with E-state index in [1.54, 1.807) is 0 Å². The molecule has 0 saturated carbocycles. The largest absolute Gasteiger partial charge is 0.399 e. The van der Waals surface area contributed by atoms with Gasteiger partial charge in [0.15, 0.2) is 0 Å². The van der Waals surface area contributed by atoms with Crippen LogP contribution in [0.1, 0.15) is 19.2 Å². The highest BCUT2D eigenvalue weighted by molar-refractivity contribution is 5.63. The molecule has 0 saturated heterocycles. The van der Waals surface area contributed by atoms with E-state index >= 15 is 0 Å². The Balaban J connectivity index is 2.00. The van der Waals surface area contributed by atoms with Crippen LogP contribution in [-0.4, -0.2) is 9.55 Å². The van der Waals surface area contributed by atoms with Crippen molar-refractivity contribution < 1.29 is 0 Å². The lowest BCUT2D eigenvalue weighted by molar-refractivity contribution is 0.409. The van der Waals surface area contributed by atoms with Crippen molar-refractivity contribution in [2.45, 2.75) is 26.3 Å². The Labute approximate surface area is 101 Å². The molecule has 3 nitrogen and oxygen atoms in total. The zero-order valence-corrected chi connectivity index (χ0v) is 10.1. The van der Waals surface area contributed by atoms with Gasteiger partial charge in [-0.05, 0) is 24.5 Å². The zero-order chi connectivity index (χ0) is 11.8. The summed E-state index contributed by atoms with van der Waals surface area (Å²) in [5.41, 5.74) is 8.75. The third-order valence-electron chi connectivity index (χ3n) is 3.44. The van der Waals surface area contributed by atoms with Gasteiger partial charge >= 0.3 is 0 Å². The quantitative estimate of drug-likeness (QED) is 0.761. The summed E-state index contributed by atoms with van der Waals surface area (Å²) < 4.78 is 2.28. The van der Waals surface area contributed by atoms with Gasteiger partial charge in [-0.25, -0.2) is 4.98 Å². The van der Waals surface area contributed by atoms with Gasteiger partial charge < -0.3 is 10.3 Å². The van der Waals surface area contributed by atoms with E-state index in [-0.39, 0.29) is 0 Å². The highest BCUT2D eigenvalue weighted by Gasteiger charge is 2.17. The molecule has 0 radical (unpaired) electrons. The number of anilines is 1. The van der Waals surface area contributed by atoms with E-state index in [4.69, 9.17) is 10.7 Å². The summed E-state index contributed by atoms with van der Waals surface area (Å²) in [6, 6.07) is 7.93. The zero-order valence-electron chi connectivity index (χ0n) is 10.1. The first-order valence-corrected chi connectivity index (χ1v) is 6.14. The Morgan fingerprint density at radius 1 is 1.41 bits per heavy atom. The van der Waals surface area contributed by atoms with Crippen molar-refractivity contribution in [3.63, 3.8) is 0 Å². The summed E-state index contributed by atoms with van der Waals surface area (Å²) >= 11 is 0. The van der Waals surface area contributed by atoms with Crippen molar-refractivity contribution >= 4 is 5.69 Å². The van der Waals surface area contributed by atoms with Crippen LogP contribution in [0.4, 0.5) is 5.69 Å². The fourth-order valence-corrected chi connectivity index (χ4v) is 2.42. The lowest BCUT2D eigenvalue weighted by atomic mass is 10.0. The van der Waals surface area contributed by atoms with E-state index in [2.05, 4.69) is 23.8 Å². The minimum Gasteiger partial charge on any atom is -0.399 e. The van der Waals surface area contributed by atoms with Gasteiger partial charge in [0.25, 0.3) is 0 Å². The summed E-state index contributed by atoms with van der Waals surface area (Å²) in [6.45, 7) is 3.38. The minimum atomic E-state index is 0.749. The molecule has 2 aromatic rings. The fraction of sp³-hybridized carbons (Fsp3) is 0.357. The van der Waals surface area contributed by atoms with Crippen LogP contribution in [0.2, 0.25) is 0 Å². The monoisotopic (exact) mass is 227 g/mol. The molecule has 0 aliphatic carbocycles. The van der Waals surface area contributed by atoms with Crippen LogP contribution in [0.5, 0.6) is 0 Å². The van der Waals surface area contributed by atoms with Crippen LogP contribution in [0.15, 0.2) is 30.5 Å². The van der Waals surface area contributed by atoms with Crippen molar-refractivity contribution in [1.29, 1.82) is 0 Å². The van der Waals surface area contributed by atoms with E-state index in [1.165, 1.54) is 12.2 Å². The SMILES string of the molecule is C[C@@H]1CCn2cc(-c3cccc(N)c3)nc2C1. The van der Waals surface area contributed by atoms with Crippen LogP contribution < -0.4 is 5.73 Å². The van der Waals surface area contributed by atoms with Crippen LogP contribution >= 0.6 is 0 Å². The first-order valence-electron chi connectivity index (χ1n) is 6.14. The van der Waals surface area contributed by atoms with Crippen LogP contribution in [0.25, 0.3) is 11.3 Å². The van der Waals surface area contributed by atoms with E-state index in [1.807, 2.05) is 18.2 Å². The fourth-order valence-electron chi connectivity index (χ4n) is 2.42. The first-order chi connectivity index (χ1) is 8.22. The van der Waals surface area contributed by atoms with Crippen LogP contribution in [0, 0.1) is 5.92 Å². The second-order valence-corrected chi connectivity index (χ2v) is 4.96. The molecule has 3 rings (SSSR count). The van der Waals surface area contributed by atoms with Crippen molar-refractivity contribution in [3.05, 3.63) is 36.3 Å². The number of nitrogens with two attached hydrogens (primary N) is 1. The van der Waals surface area contributed by atoms with Gasteiger partial charge in [-0.1, -0.05) is 19.1 Å². The Morgan fingerprint density at radius 3 is 3.12 bits per heavy atom.